The van der Waals surface area contributed by atoms with Gasteiger partial charge in [-0.1, -0.05) is 0 Å². The molecule has 96 valence electrons. The van der Waals surface area contributed by atoms with Crippen LogP contribution in [0.1, 0.15) is 59.8 Å². The molecule has 1 heterocycles. The normalized spacial score (nSPS) is 28.5. The molecule has 0 aromatic rings. The molecule has 0 saturated carbocycles. The van der Waals surface area contributed by atoms with Crippen molar-refractivity contribution in [1.82, 2.24) is 0 Å². The molecule has 16 heavy (non-hydrogen) atoms. The van der Waals surface area contributed by atoms with E-state index in [9.17, 15) is 0 Å². The van der Waals surface area contributed by atoms with Gasteiger partial charge in [-0.25, -0.2) is 0 Å². The number of hydrogen-bond acceptors (Lipinski definition) is 3. The second kappa shape index (κ2) is 6.57. The van der Waals surface area contributed by atoms with Crippen LogP contribution >= 0.6 is 0 Å². The van der Waals surface area contributed by atoms with Crippen LogP contribution in [0.3, 0.4) is 0 Å². The van der Waals surface area contributed by atoms with Crippen LogP contribution in [0.2, 0.25) is 8.87 Å². The van der Waals surface area contributed by atoms with Gasteiger partial charge >= 0.3 is 105 Å². The maximum absolute atomic E-state index is 6.26. The molecule has 1 aliphatic rings. The zero-order valence-corrected chi connectivity index (χ0v) is 14.0. The van der Waals surface area contributed by atoms with E-state index in [1.54, 1.807) is 0 Å². The van der Waals surface area contributed by atoms with E-state index in [1.165, 1.54) is 25.7 Å². The van der Waals surface area contributed by atoms with Gasteiger partial charge in [-0.2, -0.15) is 0 Å². The molecule has 1 fully saturated rings. The average molecular weight is 337 g/mol. The van der Waals surface area contributed by atoms with Crippen LogP contribution in [0, 0.1) is 0 Å². The first-order valence-corrected chi connectivity index (χ1v) is 13.0. The summed E-state index contributed by atoms with van der Waals surface area (Å²) < 4.78 is 14.3. The summed E-state index contributed by atoms with van der Waals surface area (Å²) in [5.74, 6) is -0.461. The minimum absolute atomic E-state index is 0.461. The van der Waals surface area contributed by atoms with Gasteiger partial charge in [-0.15, -0.1) is 0 Å². The van der Waals surface area contributed by atoms with Crippen molar-refractivity contribution in [1.29, 1.82) is 0 Å². The second-order valence-corrected chi connectivity index (χ2v) is 14.0. The minimum atomic E-state index is -2.85. The number of rotatable bonds is 7. The van der Waals surface area contributed by atoms with Gasteiger partial charge in [-0.05, 0) is 0 Å². The first kappa shape index (κ1) is 14.7. The fourth-order valence-corrected chi connectivity index (χ4v) is 12.6. The molecule has 0 unspecified atom stereocenters. The molecule has 0 bridgehead atoms. The van der Waals surface area contributed by atoms with Crippen molar-refractivity contribution in [2.75, 3.05) is 0 Å². The van der Waals surface area contributed by atoms with Crippen LogP contribution in [-0.4, -0.2) is 25.0 Å². The van der Waals surface area contributed by atoms with Crippen LogP contribution in [0.4, 0.5) is 0 Å². The molecule has 0 N–H and O–H groups in total. The number of unbranched alkanes of at least 4 members (excludes halogenated alkanes) is 2. The van der Waals surface area contributed by atoms with Crippen molar-refractivity contribution < 1.29 is 11.2 Å². The Balaban J connectivity index is 2.58. The van der Waals surface area contributed by atoms with Gasteiger partial charge in [0.2, 0.25) is 0 Å². The standard InChI is InChI=1S/C4H9O3.2C4H9.Sn/c1-3-4(2,5)7-6;2*1-3-4-2;/h6H,3H2,1-2H3;2*1,3-4H2,2H3;/q-1;;;+2/p-1/t4-;;;/m1.../s1. The molecule has 1 rings (SSSR count). The molecule has 1 saturated heterocycles. The Morgan fingerprint density at radius 1 is 1.00 bits per heavy atom. The molecule has 3 nitrogen and oxygen atoms in total. The molecule has 0 radical (unpaired) electrons. The van der Waals surface area contributed by atoms with E-state index in [0.717, 1.165) is 15.3 Å². The molecule has 0 aromatic heterocycles. The SMILES string of the molecule is CCC[CH2][Sn]1([CH2]CCC)[O]O[C@](C)(CC)[O]1. The summed E-state index contributed by atoms with van der Waals surface area (Å²) in [5.41, 5.74) is 0. The summed E-state index contributed by atoms with van der Waals surface area (Å²) >= 11 is -2.85. The first-order chi connectivity index (χ1) is 7.60. The summed E-state index contributed by atoms with van der Waals surface area (Å²) in [7, 11) is 0. The van der Waals surface area contributed by atoms with Crippen molar-refractivity contribution in [3.63, 3.8) is 0 Å². The van der Waals surface area contributed by atoms with E-state index in [1.807, 2.05) is 6.92 Å². The fourth-order valence-electron chi connectivity index (χ4n) is 1.93. The Hall–Kier alpha value is 0.679. The van der Waals surface area contributed by atoms with Gasteiger partial charge < -0.3 is 0 Å². The van der Waals surface area contributed by atoms with Crippen LogP contribution in [0.25, 0.3) is 0 Å². The van der Waals surface area contributed by atoms with Crippen molar-refractivity contribution in [3.05, 3.63) is 0 Å². The Kier molecular flexibility index (Phi) is 6.05. The molecule has 0 amide bonds. The molecular formula is C12H26O3Sn. The second-order valence-electron chi connectivity index (χ2n) is 4.87. The van der Waals surface area contributed by atoms with E-state index in [-0.39, 0.29) is 0 Å². The third-order valence-corrected chi connectivity index (χ3v) is 13.0. The summed E-state index contributed by atoms with van der Waals surface area (Å²) in [5, 5.41) is 0. The predicted octanol–water partition coefficient (Wildman–Crippen LogP) is 4.13. The summed E-state index contributed by atoms with van der Waals surface area (Å²) in [4.78, 5) is 5.47. The molecule has 4 heteroatoms. The molecule has 1 aliphatic heterocycles. The van der Waals surface area contributed by atoms with E-state index in [2.05, 4.69) is 20.8 Å². The van der Waals surface area contributed by atoms with Gasteiger partial charge in [0.25, 0.3) is 0 Å². The van der Waals surface area contributed by atoms with Crippen molar-refractivity contribution in [2.45, 2.75) is 74.5 Å². The third kappa shape index (κ3) is 3.86. The third-order valence-electron chi connectivity index (χ3n) is 3.24. The quantitative estimate of drug-likeness (QED) is 0.516. The van der Waals surface area contributed by atoms with Gasteiger partial charge in [-0.3, -0.25) is 0 Å². The Morgan fingerprint density at radius 2 is 1.56 bits per heavy atom. The summed E-state index contributed by atoms with van der Waals surface area (Å²) in [6.45, 7) is 8.52. The Morgan fingerprint density at radius 3 is 1.94 bits per heavy atom. The zero-order valence-electron chi connectivity index (χ0n) is 11.2. The predicted molar refractivity (Wildman–Crippen MR) is 67.1 cm³/mol. The van der Waals surface area contributed by atoms with E-state index >= 15 is 0 Å². The summed E-state index contributed by atoms with van der Waals surface area (Å²) in [6, 6.07) is 0. The monoisotopic (exact) mass is 338 g/mol. The van der Waals surface area contributed by atoms with Crippen LogP contribution in [0.15, 0.2) is 0 Å². The molecule has 0 spiro atoms. The van der Waals surface area contributed by atoms with Crippen molar-refractivity contribution in [2.24, 2.45) is 0 Å². The fraction of sp³-hybridized carbons (Fsp3) is 1.00. The molecule has 0 aromatic carbocycles. The summed E-state index contributed by atoms with van der Waals surface area (Å²) in [6.07, 6.45) is 5.70. The molecule has 1 atom stereocenters. The van der Waals surface area contributed by atoms with E-state index < -0.39 is 25.0 Å². The zero-order chi connectivity index (χ0) is 12.1. The van der Waals surface area contributed by atoms with Gasteiger partial charge in [0, 0.05) is 0 Å². The maximum atomic E-state index is 6.26. The van der Waals surface area contributed by atoms with Crippen LogP contribution < -0.4 is 0 Å². The van der Waals surface area contributed by atoms with Crippen molar-refractivity contribution in [3.8, 4) is 0 Å². The molecular weight excluding hydrogens is 311 g/mol. The van der Waals surface area contributed by atoms with Crippen LogP contribution in [-0.2, 0) is 11.2 Å². The Bertz CT molecular complexity index is 197. The van der Waals surface area contributed by atoms with E-state index in [0.29, 0.717) is 0 Å². The van der Waals surface area contributed by atoms with Gasteiger partial charge in [0.05, 0.1) is 0 Å². The van der Waals surface area contributed by atoms with Gasteiger partial charge in [0.1, 0.15) is 0 Å². The van der Waals surface area contributed by atoms with Gasteiger partial charge in [0.15, 0.2) is 0 Å². The van der Waals surface area contributed by atoms with Crippen LogP contribution in [0.5, 0.6) is 0 Å². The van der Waals surface area contributed by atoms with Crippen molar-refractivity contribution >= 4 is 19.2 Å². The topological polar surface area (TPSA) is 27.7 Å². The first-order valence-electron chi connectivity index (χ1n) is 6.67. The number of hydrogen-bond donors (Lipinski definition) is 0. The average Bonchev–Trinajstić information content (AvgIpc) is 2.64. The molecule has 0 aliphatic carbocycles. The van der Waals surface area contributed by atoms with E-state index in [4.69, 9.17) is 11.2 Å². The Labute approximate surface area is 105 Å².